The van der Waals surface area contributed by atoms with Crippen LogP contribution in [-0.2, 0) is 0 Å². The molecule has 0 amide bonds. The summed E-state index contributed by atoms with van der Waals surface area (Å²) >= 11 is 0. The van der Waals surface area contributed by atoms with Gasteiger partial charge in [-0.3, -0.25) is 4.57 Å². The Morgan fingerprint density at radius 3 is 1.88 bits per heavy atom. The first-order valence-electron chi connectivity index (χ1n) is 19.4. The molecule has 0 atom stereocenters. The Hall–Kier alpha value is -6.59. The maximum absolute atomic E-state index is 9.03. The number of hydrogen-bond acceptors (Lipinski definition) is 4. The molecule has 10 aromatic rings. The van der Waals surface area contributed by atoms with Gasteiger partial charge in [0.2, 0.25) is 5.95 Å². The van der Waals surface area contributed by atoms with E-state index in [9.17, 15) is 0 Å². The minimum Gasteiger partial charge on any atom is -0.456 e. The Labute approximate surface area is 286 Å². The van der Waals surface area contributed by atoms with Crippen LogP contribution in [0.3, 0.4) is 0 Å². The van der Waals surface area contributed by atoms with E-state index in [-0.39, 0.29) is 39.4 Å². The van der Waals surface area contributed by atoms with Gasteiger partial charge in [-0.05, 0) is 52.2 Å². The van der Waals surface area contributed by atoms with E-state index in [4.69, 9.17) is 30.3 Å². The van der Waals surface area contributed by atoms with E-state index in [0.29, 0.717) is 16.7 Å². The molecule has 3 aromatic heterocycles. The molecule has 0 spiro atoms. The van der Waals surface area contributed by atoms with E-state index in [0.717, 1.165) is 38.3 Å². The zero-order valence-corrected chi connectivity index (χ0v) is 25.1. The van der Waals surface area contributed by atoms with E-state index in [1.807, 2.05) is 84.9 Å². The molecule has 224 valence electrons. The molecule has 0 N–H and O–H groups in total. The van der Waals surface area contributed by atoms with Gasteiger partial charge in [-0.1, -0.05) is 127 Å². The zero-order chi connectivity index (χ0) is 38.6. The second-order valence-corrected chi connectivity index (χ2v) is 11.5. The van der Waals surface area contributed by atoms with Crippen LogP contribution in [0.1, 0.15) is 11.0 Å². The molecule has 0 bridgehead atoms. The van der Waals surface area contributed by atoms with Crippen molar-refractivity contribution in [2.24, 2.45) is 0 Å². The van der Waals surface area contributed by atoms with Gasteiger partial charge in [0.05, 0.1) is 22.0 Å². The monoisotopic (exact) mass is 622 g/mol. The van der Waals surface area contributed by atoms with Crippen molar-refractivity contribution in [3.05, 3.63) is 158 Å². The van der Waals surface area contributed by atoms with Crippen LogP contribution < -0.4 is 0 Å². The van der Waals surface area contributed by atoms with Crippen molar-refractivity contribution in [1.29, 1.82) is 0 Å². The van der Waals surface area contributed by atoms with Crippen LogP contribution in [0.25, 0.3) is 94.4 Å². The third kappa shape index (κ3) is 4.15. The minimum absolute atomic E-state index is 0.0651. The van der Waals surface area contributed by atoms with Crippen molar-refractivity contribution in [3.63, 3.8) is 0 Å². The second-order valence-electron chi connectivity index (χ2n) is 11.5. The molecule has 0 fully saturated rings. The maximum Gasteiger partial charge on any atom is 0.238 e. The van der Waals surface area contributed by atoms with Crippen molar-refractivity contribution in [2.75, 3.05) is 0 Å². The number of para-hydroxylation sites is 3. The van der Waals surface area contributed by atoms with E-state index in [2.05, 4.69) is 24.3 Å². The highest BCUT2D eigenvalue weighted by Crippen LogP contribution is 2.35. The second kappa shape index (κ2) is 10.5. The molecule has 7 aromatic carbocycles. The van der Waals surface area contributed by atoms with Gasteiger partial charge in [0.1, 0.15) is 11.2 Å². The average Bonchev–Trinajstić information content (AvgIpc) is 3.80. The molecule has 0 radical (unpaired) electrons. The largest absolute Gasteiger partial charge is 0.456 e. The number of aromatic nitrogens is 4. The van der Waals surface area contributed by atoms with Crippen LogP contribution in [0, 0.1) is 0 Å². The van der Waals surface area contributed by atoms with Crippen LogP contribution >= 0.6 is 0 Å². The first-order valence-corrected chi connectivity index (χ1v) is 15.4. The maximum atomic E-state index is 9.03. The number of fused-ring (bicyclic) bond motifs is 7. The van der Waals surface area contributed by atoms with E-state index < -0.39 is 48.3 Å². The van der Waals surface area contributed by atoms with Crippen molar-refractivity contribution in [2.45, 2.75) is 0 Å². The van der Waals surface area contributed by atoms with Crippen LogP contribution in [0.2, 0.25) is 0 Å². The number of furan rings is 1. The summed E-state index contributed by atoms with van der Waals surface area (Å²) in [4.78, 5) is 14.7. The summed E-state index contributed by atoms with van der Waals surface area (Å²) in [6, 6.07) is 31.5. The topological polar surface area (TPSA) is 56.7 Å². The summed E-state index contributed by atoms with van der Waals surface area (Å²) in [6.45, 7) is 0. The Kier molecular flexibility index (Phi) is 4.32. The van der Waals surface area contributed by atoms with Crippen molar-refractivity contribution in [1.82, 2.24) is 19.5 Å². The number of rotatable bonds is 4. The van der Waals surface area contributed by atoms with Crippen LogP contribution in [0.4, 0.5) is 0 Å². The fourth-order valence-electron chi connectivity index (χ4n) is 6.48. The number of hydrogen-bond donors (Lipinski definition) is 0. The molecule has 5 nitrogen and oxygen atoms in total. The van der Waals surface area contributed by atoms with Gasteiger partial charge in [-0.2, -0.15) is 9.97 Å². The zero-order valence-electron chi connectivity index (χ0n) is 33.1. The Morgan fingerprint density at radius 1 is 0.479 bits per heavy atom. The van der Waals surface area contributed by atoms with Crippen molar-refractivity contribution < 1.29 is 15.4 Å². The van der Waals surface area contributed by atoms with Crippen LogP contribution in [0.15, 0.2) is 162 Å². The molecular formula is C43H26N4O. The van der Waals surface area contributed by atoms with E-state index in [1.165, 1.54) is 4.57 Å². The van der Waals surface area contributed by atoms with Gasteiger partial charge < -0.3 is 4.42 Å². The summed E-state index contributed by atoms with van der Waals surface area (Å²) in [5.41, 5.74) is 4.37. The number of benzene rings is 7. The third-order valence-corrected chi connectivity index (χ3v) is 8.74. The summed E-state index contributed by atoms with van der Waals surface area (Å²) in [7, 11) is 0. The van der Waals surface area contributed by atoms with Crippen LogP contribution in [0.5, 0.6) is 0 Å². The molecule has 5 heteroatoms. The predicted molar refractivity (Wildman–Crippen MR) is 195 cm³/mol. The molecule has 48 heavy (non-hydrogen) atoms. The first kappa shape index (κ1) is 19.8. The molecule has 0 unspecified atom stereocenters. The molecule has 0 aliphatic heterocycles. The lowest BCUT2D eigenvalue weighted by molar-refractivity contribution is 0.669. The quantitative estimate of drug-likeness (QED) is 0.196. The van der Waals surface area contributed by atoms with Gasteiger partial charge in [-0.25, -0.2) is 4.98 Å². The molecular weight excluding hydrogens is 589 g/mol. The lowest BCUT2D eigenvalue weighted by atomic mass is 9.97. The molecule has 0 aliphatic carbocycles. The molecule has 0 saturated heterocycles. The molecule has 3 heterocycles. The Morgan fingerprint density at radius 2 is 1.08 bits per heavy atom. The predicted octanol–water partition coefficient (Wildman–Crippen LogP) is 11.0. The fraction of sp³-hybridized carbons (Fsp3) is 0. The van der Waals surface area contributed by atoms with Crippen molar-refractivity contribution >= 4 is 54.5 Å². The summed E-state index contributed by atoms with van der Waals surface area (Å²) < 4.78 is 77.3. The fourth-order valence-corrected chi connectivity index (χ4v) is 6.48. The number of nitrogens with zero attached hydrogens (tertiary/aromatic N) is 4. The first-order chi connectivity index (χ1) is 27.1. The van der Waals surface area contributed by atoms with Crippen LogP contribution in [-0.4, -0.2) is 19.5 Å². The normalized spacial score (nSPS) is 14.1. The average molecular weight is 623 g/mol. The standard InChI is InChI=1S/C43H26N4O/c1-2-12-31-27(10-1)11-9-16-32(31)28-20-22-29(23-21-28)41-44-42(30-24-25-36-35-15-5-8-19-39(35)48-40(36)26-30)46-43(45-41)47-37-17-6-3-13-33(37)34-14-4-7-18-38(34)47/h1-26H/i3D,4D,6D,7D,13D,14D,17D,18D. The minimum atomic E-state index is -0.532. The lowest BCUT2D eigenvalue weighted by Gasteiger charge is -2.12. The summed E-state index contributed by atoms with van der Waals surface area (Å²) in [5, 5.41) is 3.94. The Bertz CT molecular complexity index is 3220. The third-order valence-electron chi connectivity index (χ3n) is 8.74. The molecule has 0 aliphatic rings. The summed E-state index contributed by atoms with van der Waals surface area (Å²) in [5.74, 6) is 0.348. The SMILES string of the molecule is [2H]c1c([2H])c([2H])c2c(c1[2H])c1c([2H])c([2H])c([2H])c([2H])c1n2-c1nc(-c2ccc(-c3cccc4ccccc34)cc2)nc(-c2ccc3c(c2)oc2ccccc23)n1. The highest BCUT2D eigenvalue weighted by molar-refractivity contribution is 6.09. The summed E-state index contributed by atoms with van der Waals surface area (Å²) in [6.07, 6.45) is 0. The van der Waals surface area contributed by atoms with Gasteiger partial charge in [-0.15, -0.1) is 0 Å². The van der Waals surface area contributed by atoms with E-state index in [1.54, 1.807) is 0 Å². The van der Waals surface area contributed by atoms with Gasteiger partial charge in [0, 0.05) is 32.7 Å². The molecule has 0 saturated carbocycles. The molecule has 10 rings (SSSR count). The highest BCUT2D eigenvalue weighted by Gasteiger charge is 2.18. The van der Waals surface area contributed by atoms with Gasteiger partial charge in [0.15, 0.2) is 11.6 Å². The lowest BCUT2D eigenvalue weighted by Crippen LogP contribution is -2.06. The van der Waals surface area contributed by atoms with Gasteiger partial charge in [0.25, 0.3) is 0 Å². The van der Waals surface area contributed by atoms with Gasteiger partial charge >= 0.3 is 0 Å². The van der Waals surface area contributed by atoms with Crippen molar-refractivity contribution in [3.8, 4) is 39.9 Å². The Balaban J connectivity index is 1.26. The highest BCUT2D eigenvalue weighted by atomic mass is 16.3. The smallest absolute Gasteiger partial charge is 0.238 e. The van der Waals surface area contributed by atoms with E-state index >= 15 is 0 Å².